The number of rotatable bonds is 1. The summed E-state index contributed by atoms with van der Waals surface area (Å²) in [4.78, 5) is 0. The molecular formula is C9H16S. The topological polar surface area (TPSA) is 0 Å². The molecule has 1 fully saturated rings. The van der Waals surface area contributed by atoms with Crippen molar-refractivity contribution < 1.29 is 0 Å². The van der Waals surface area contributed by atoms with E-state index in [-0.39, 0.29) is 4.75 Å². The maximum absolute atomic E-state index is 4.61. The molecule has 0 aromatic heterocycles. The van der Waals surface area contributed by atoms with Gasteiger partial charge in [0.2, 0.25) is 0 Å². The van der Waals surface area contributed by atoms with Gasteiger partial charge in [-0.2, -0.15) is 12.6 Å². The molecule has 10 heavy (non-hydrogen) atoms. The standard InChI is InChI=1S/C9H16S/c1-4-8-5-7(2)9(3,10)6-8/h4,7-8,10H,1,5-6H2,2-3H3. The Morgan fingerprint density at radius 1 is 1.70 bits per heavy atom. The second kappa shape index (κ2) is 2.61. The molecule has 1 aliphatic rings. The molecule has 0 nitrogen and oxygen atoms in total. The molecule has 3 unspecified atom stereocenters. The lowest BCUT2D eigenvalue weighted by atomic mass is 10.00. The molecule has 1 saturated carbocycles. The Kier molecular flexibility index (Phi) is 2.14. The number of allylic oxidation sites excluding steroid dienone is 1. The van der Waals surface area contributed by atoms with E-state index >= 15 is 0 Å². The third-order valence-corrected chi connectivity index (χ3v) is 3.35. The van der Waals surface area contributed by atoms with Gasteiger partial charge in [0.25, 0.3) is 0 Å². The lowest BCUT2D eigenvalue weighted by Crippen LogP contribution is -2.18. The van der Waals surface area contributed by atoms with Gasteiger partial charge in [-0.15, -0.1) is 6.58 Å². The highest BCUT2D eigenvalue weighted by molar-refractivity contribution is 7.81. The van der Waals surface area contributed by atoms with Gasteiger partial charge in [0, 0.05) is 4.75 Å². The molecule has 0 heterocycles. The van der Waals surface area contributed by atoms with Crippen LogP contribution in [0.4, 0.5) is 0 Å². The summed E-state index contributed by atoms with van der Waals surface area (Å²) in [5.41, 5.74) is 0. The van der Waals surface area contributed by atoms with Gasteiger partial charge >= 0.3 is 0 Å². The van der Waals surface area contributed by atoms with E-state index in [4.69, 9.17) is 0 Å². The summed E-state index contributed by atoms with van der Waals surface area (Å²) in [7, 11) is 0. The predicted molar refractivity (Wildman–Crippen MR) is 49.5 cm³/mol. The molecule has 0 aromatic carbocycles. The summed E-state index contributed by atoms with van der Waals surface area (Å²) in [5.74, 6) is 1.44. The average molecular weight is 156 g/mol. The van der Waals surface area contributed by atoms with Crippen molar-refractivity contribution in [2.75, 3.05) is 0 Å². The summed E-state index contributed by atoms with van der Waals surface area (Å²) in [6.07, 6.45) is 4.53. The van der Waals surface area contributed by atoms with Crippen molar-refractivity contribution in [1.29, 1.82) is 0 Å². The predicted octanol–water partition coefficient (Wildman–Crippen LogP) is 2.91. The Bertz CT molecular complexity index is 138. The first kappa shape index (κ1) is 8.19. The maximum Gasteiger partial charge on any atom is 0.0133 e. The normalized spacial score (nSPS) is 47.5. The van der Waals surface area contributed by atoms with E-state index in [1.165, 1.54) is 12.8 Å². The first-order valence-corrected chi connectivity index (χ1v) is 4.36. The van der Waals surface area contributed by atoms with E-state index in [2.05, 4.69) is 39.1 Å². The highest BCUT2D eigenvalue weighted by Gasteiger charge is 2.36. The Labute approximate surface area is 69.1 Å². The monoisotopic (exact) mass is 156 g/mol. The second-order valence-electron chi connectivity index (χ2n) is 3.69. The van der Waals surface area contributed by atoms with E-state index < -0.39 is 0 Å². The molecule has 0 N–H and O–H groups in total. The smallest absolute Gasteiger partial charge is 0.0133 e. The summed E-state index contributed by atoms with van der Waals surface area (Å²) in [5, 5.41) is 0. The minimum atomic E-state index is 0.249. The van der Waals surface area contributed by atoms with Crippen molar-refractivity contribution in [1.82, 2.24) is 0 Å². The quantitative estimate of drug-likeness (QED) is 0.438. The van der Waals surface area contributed by atoms with Gasteiger partial charge in [-0.25, -0.2) is 0 Å². The molecule has 0 aromatic rings. The molecule has 1 heteroatoms. The van der Waals surface area contributed by atoms with Gasteiger partial charge in [-0.3, -0.25) is 0 Å². The van der Waals surface area contributed by atoms with Crippen LogP contribution in [0.25, 0.3) is 0 Å². The molecule has 0 radical (unpaired) electrons. The fourth-order valence-corrected chi connectivity index (χ4v) is 2.04. The van der Waals surface area contributed by atoms with Crippen LogP contribution in [0, 0.1) is 11.8 Å². The second-order valence-corrected chi connectivity index (χ2v) is 4.72. The Morgan fingerprint density at radius 2 is 2.30 bits per heavy atom. The van der Waals surface area contributed by atoms with Crippen molar-refractivity contribution in [3.05, 3.63) is 12.7 Å². The zero-order valence-corrected chi connectivity index (χ0v) is 7.70. The zero-order valence-electron chi connectivity index (χ0n) is 6.80. The van der Waals surface area contributed by atoms with Gasteiger partial charge in [-0.05, 0) is 24.7 Å². The highest BCUT2D eigenvalue weighted by Crippen LogP contribution is 2.43. The molecule has 1 rings (SSSR count). The van der Waals surface area contributed by atoms with Crippen LogP contribution in [-0.2, 0) is 0 Å². The van der Waals surface area contributed by atoms with Crippen LogP contribution < -0.4 is 0 Å². The Hall–Kier alpha value is 0.0900. The van der Waals surface area contributed by atoms with E-state index in [0.29, 0.717) is 5.92 Å². The molecule has 3 atom stereocenters. The van der Waals surface area contributed by atoms with Crippen LogP contribution >= 0.6 is 12.6 Å². The van der Waals surface area contributed by atoms with Crippen molar-refractivity contribution in [3.8, 4) is 0 Å². The number of hydrogen-bond donors (Lipinski definition) is 1. The molecule has 58 valence electrons. The van der Waals surface area contributed by atoms with Crippen LogP contribution in [0.5, 0.6) is 0 Å². The summed E-state index contributed by atoms with van der Waals surface area (Å²) in [6.45, 7) is 8.31. The van der Waals surface area contributed by atoms with Gasteiger partial charge in [0.1, 0.15) is 0 Å². The van der Waals surface area contributed by atoms with E-state index in [9.17, 15) is 0 Å². The molecule has 0 saturated heterocycles. The van der Waals surface area contributed by atoms with Crippen molar-refractivity contribution in [2.24, 2.45) is 11.8 Å². The van der Waals surface area contributed by atoms with Crippen LogP contribution in [0.15, 0.2) is 12.7 Å². The van der Waals surface area contributed by atoms with Gasteiger partial charge in [0.15, 0.2) is 0 Å². The SMILES string of the molecule is C=CC1CC(C)C(C)(S)C1. The molecule has 1 aliphatic carbocycles. The van der Waals surface area contributed by atoms with E-state index in [1.807, 2.05) is 0 Å². The van der Waals surface area contributed by atoms with Crippen LogP contribution in [0.3, 0.4) is 0 Å². The third-order valence-electron chi connectivity index (χ3n) is 2.73. The van der Waals surface area contributed by atoms with Gasteiger partial charge in [-0.1, -0.05) is 19.9 Å². The fraction of sp³-hybridized carbons (Fsp3) is 0.778. The van der Waals surface area contributed by atoms with Crippen molar-refractivity contribution >= 4 is 12.6 Å². The molecular weight excluding hydrogens is 140 g/mol. The van der Waals surface area contributed by atoms with Crippen LogP contribution in [-0.4, -0.2) is 4.75 Å². The number of thiol groups is 1. The third kappa shape index (κ3) is 1.39. The fourth-order valence-electron chi connectivity index (χ4n) is 1.70. The lowest BCUT2D eigenvalue weighted by Gasteiger charge is -2.21. The van der Waals surface area contributed by atoms with Gasteiger partial charge < -0.3 is 0 Å². The largest absolute Gasteiger partial charge is 0.172 e. The summed E-state index contributed by atoms with van der Waals surface area (Å²) >= 11 is 4.61. The van der Waals surface area contributed by atoms with Crippen molar-refractivity contribution in [3.63, 3.8) is 0 Å². The highest BCUT2D eigenvalue weighted by atomic mass is 32.1. The molecule has 0 spiro atoms. The van der Waals surface area contributed by atoms with Crippen LogP contribution in [0.1, 0.15) is 26.7 Å². The van der Waals surface area contributed by atoms with Crippen LogP contribution in [0.2, 0.25) is 0 Å². The summed E-state index contributed by atoms with van der Waals surface area (Å²) in [6, 6.07) is 0. The average Bonchev–Trinajstić information content (AvgIpc) is 2.08. The maximum atomic E-state index is 4.61. The minimum absolute atomic E-state index is 0.249. The molecule has 0 bridgehead atoms. The van der Waals surface area contributed by atoms with Crippen molar-refractivity contribution in [2.45, 2.75) is 31.4 Å². The van der Waals surface area contributed by atoms with Gasteiger partial charge in [0.05, 0.1) is 0 Å². The number of hydrogen-bond acceptors (Lipinski definition) is 1. The summed E-state index contributed by atoms with van der Waals surface area (Å²) < 4.78 is 0.249. The minimum Gasteiger partial charge on any atom is -0.172 e. The lowest BCUT2D eigenvalue weighted by molar-refractivity contribution is 0.506. The molecule has 0 amide bonds. The Balaban J connectivity index is 2.61. The van der Waals surface area contributed by atoms with E-state index in [0.717, 1.165) is 5.92 Å². The first-order chi connectivity index (χ1) is 4.56. The Morgan fingerprint density at radius 3 is 2.50 bits per heavy atom. The molecule has 0 aliphatic heterocycles. The first-order valence-electron chi connectivity index (χ1n) is 3.91. The van der Waals surface area contributed by atoms with E-state index in [1.54, 1.807) is 0 Å². The zero-order chi connectivity index (χ0) is 7.78.